The number of pyridine rings is 1. The number of hydrogen-bond donors (Lipinski definition) is 1. The van der Waals surface area contributed by atoms with Gasteiger partial charge in [0.15, 0.2) is 6.61 Å². The van der Waals surface area contributed by atoms with Crippen LogP contribution in [0, 0.1) is 5.82 Å². The van der Waals surface area contributed by atoms with E-state index in [9.17, 15) is 9.18 Å². The number of thiazole rings is 1. The van der Waals surface area contributed by atoms with Crippen LogP contribution in [0.5, 0.6) is 0 Å². The van der Waals surface area contributed by atoms with E-state index in [0.717, 1.165) is 17.0 Å². The Labute approximate surface area is 130 Å². The van der Waals surface area contributed by atoms with Crippen molar-refractivity contribution in [3.05, 3.63) is 30.5 Å². The minimum Gasteiger partial charge on any atom is -0.289 e. The number of nitrogens with zero attached hydrogens (tertiary/aromatic N) is 2. The van der Waals surface area contributed by atoms with Crippen LogP contribution in [-0.4, -0.2) is 46.5 Å². The quantitative estimate of drug-likeness (QED) is 0.664. The normalized spacial score (nSPS) is 12.1. The van der Waals surface area contributed by atoms with Gasteiger partial charge < -0.3 is 0 Å². The molecule has 2 aromatic rings. The lowest BCUT2D eigenvalue weighted by atomic mass is 10.3. The molecule has 21 heavy (non-hydrogen) atoms. The minimum absolute atomic E-state index is 0.100. The van der Waals surface area contributed by atoms with E-state index < -0.39 is 5.82 Å². The molecule has 0 aliphatic rings. The first-order valence-electron chi connectivity index (χ1n) is 6.20. The fourth-order valence-electron chi connectivity index (χ4n) is 1.55. The maximum Gasteiger partial charge on any atom is 0.707 e. The van der Waals surface area contributed by atoms with Crippen molar-refractivity contribution in [1.29, 1.82) is 0 Å². The van der Waals surface area contributed by atoms with E-state index in [0.29, 0.717) is 22.1 Å². The number of quaternary nitrogens is 1. The summed E-state index contributed by atoms with van der Waals surface area (Å²) in [5, 5.41) is 1.42. The van der Waals surface area contributed by atoms with E-state index in [1.54, 1.807) is 31.2 Å². The Bertz CT molecular complexity index is 621. The summed E-state index contributed by atoms with van der Waals surface area (Å²) in [6, 6.07) is 1.38. The topological polar surface area (TPSA) is 60.9 Å². The first kappa shape index (κ1) is 15.9. The van der Waals surface area contributed by atoms with Crippen molar-refractivity contribution in [2.75, 3.05) is 25.7 Å². The summed E-state index contributed by atoms with van der Waals surface area (Å²) < 4.78 is 18.4. The molecule has 0 fully saturated rings. The van der Waals surface area contributed by atoms with E-state index in [1.165, 1.54) is 17.4 Å². The third-order valence-corrected chi connectivity index (χ3v) is 4.42. The first-order chi connectivity index (χ1) is 10.1. The molecule has 0 saturated carbocycles. The van der Waals surface area contributed by atoms with Gasteiger partial charge in [0, 0.05) is 11.8 Å². The Morgan fingerprint density at radius 3 is 3.00 bits per heavy atom. The smallest absolute Gasteiger partial charge is 0.289 e. The Morgan fingerprint density at radius 1 is 1.48 bits per heavy atom. The second kappa shape index (κ2) is 7.48. The lowest BCUT2D eigenvalue weighted by Gasteiger charge is -2.00. The number of nitrogens with one attached hydrogen (secondary N) is 1. The number of rotatable bonds is 5. The molecule has 0 saturated heterocycles. The number of aromatic nitrogens is 2. The van der Waals surface area contributed by atoms with Crippen LogP contribution < -0.4 is 4.90 Å². The highest BCUT2D eigenvalue weighted by Crippen LogP contribution is 2.25. The molecule has 0 radical (unpaired) electrons. The van der Waals surface area contributed by atoms with E-state index in [-0.39, 0.29) is 6.09 Å². The van der Waals surface area contributed by atoms with Gasteiger partial charge in [-0.1, -0.05) is 11.3 Å². The largest absolute Gasteiger partial charge is 0.707 e. The van der Waals surface area contributed by atoms with Gasteiger partial charge in [0.2, 0.25) is 5.00 Å². The summed E-state index contributed by atoms with van der Waals surface area (Å²) in [5.41, 5.74) is 0.613. The second-order valence-corrected chi connectivity index (χ2v) is 6.21. The van der Waals surface area contributed by atoms with Crippen LogP contribution in [0.3, 0.4) is 0 Å². The van der Waals surface area contributed by atoms with Crippen molar-refractivity contribution in [3.8, 4) is 10.6 Å². The number of ether oxygens (including phenoxy) is 1. The summed E-state index contributed by atoms with van der Waals surface area (Å²) in [6.45, 7) is 0.448. The molecule has 0 aliphatic heterocycles. The van der Waals surface area contributed by atoms with E-state index in [1.807, 2.05) is 6.26 Å². The van der Waals surface area contributed by atoms with Crippen molar-refractivity contribution in [1.82, 2.24) is 9.97 Å². The number of amides is 1. The number of alkyl carbamates (subject to hydrolysis) is 1. The molecule has 5 nitrogen and oxygen atoms in total. The SMILES string of the molecule is CSCCOC(=[OH+])[NH+](C)c1cnc(-c2cncc(F)c2)s1. The predicted octanol–water partition coefficient (Wildman–Crippen LogP) is 1.33. The van der Waals surface area contributed by atoms with Crippen LogP contribution in [0.1, 0.15) is 0 Å². The van der Waals surface area contributed by atoms with Gasteiger partial charge >= 0.3 is 6.09 Å². The third kappa shape index (κ3) is 4.23. The maximum absolute atomic E-state index is 13.2. The molecule has 0 aliphatic carbocycles. The highest BCUT2D eigenvalue weighted by molar-refractivity contribution is 7.98. The van der Waals surface area contributed by atoms with Crippen LogP contribution in [0.25, 0.3) is 10.6 Å². The first-order valence-corrected chi connectivity index (χ1v) is 8.41. The van der Waals surface area contributed by atoms with Crippen molar-refractivity contribution in [2.24, 2.45) is 0 Å². The zero-order valence-electron chi connectivity index (χ0n) is 11.7. The summed E-state index contributed by atoms with van der Waals surface area (Å²) in [6.07, 6.45) is 6.21. The van der Waals surface area contributed by atoms with Gasteiger partial charge in [-0.3, -0.25) is 14.5 Å². The van der Waals surface area contributed by atoms with Gasteiger partial charge in [-0.15, -0.1) is 4.90 Å². The molecule has 112 valence electrons. The fourth-order valence-corrected chi connectivity index (χ4v) is 2.68. The molecule has 1 atom stereocenters. The van der Waals surface area contributed by atoms with Crippen molar-refractivity contribution >= 4 is 34.2 Å². The Balaban J connectivity index is 2.07. The standard InChI is InChI=1S/C13H14FN3O2S2/c1-17(13(18)19-3-4-20-2)11-8-16-12(21-11)9-5-10(14)7-15-6-9/h5-8H,3-4H2,1-2H3/p+2. The van der Waals surface area contributed by atoms with Gasteiger partial charge in [0.25, 0.3) is 0 Å². The molecule has 8 heteroatoms. The van der Waals surface area contributed by atoms with E-state index in [4.69, 9.17) is 4.74 Å². The number of hydrogen-bond acceptors (Lipinski definition) is 5. The van der Waals surface area contributed by atoms with Gasteiger partial charge in [-0.05, 0) is 12.3 Å². The van der Waals surface area contributed by atoms with Crippen LogP contribution >= 0.6 is 23.1 Å². The number of halogens is 1. The molecule has 0 spiro atoms. The van der Waals surface area contributed by atoms with E-state index in [2.05, 4.69) is 9.97 Å². The molecule has 2 aromatic heterocycles. The van der Waals surface area contributed by atoms with Crippen LogP contribution in [0.2, 0.25) is 0 Å². The average molecular weight is 329 g/mol. The zero-order valence-corrected chi connectivity index (χ0v) is 13.3. The van der Waals surface area contributed by atoms with Crippen molar-refractivity contribution in [3.63, 3.8) is 0 Å². The molecule has 0 bridgehead atoms. The molecule has 2 heterocycles. The van der Waals surface area contributed by atoms with Gasteiger partial charge in [-0.2, -0.15) is 11.8 Å². The van der Waals surface area contributed by atoms with Crippen LogP contribution in [0.4, 0.5) is 9.39 Å². The Hall–Kier alpha value is -1.51. The molecule has 2 rings (SSSR count). The average Bonchev–Trinajstić information content (AvgIpc) is 2.96. The van der Waals surface area contributed by atoms with Crippen LogP contribution in [-0.2, 0) is 4.74 Å². The Kier molecular flexibility index (Phi) is 5.66. The summed E-state index contributed by atoms with van der Waals surface area (Å²) in [4.78, 5) is 18.5. The molecular formula is C13H16FN3O2S2+2. The van der Waals surface area contributed by atoms with E-state index >= 15 is 0 Å². The Morgan fingerprint density at radius 2 is 2.29 bits per heavy atom. The molecule has 1 unspecified atom stereocenters. The summed E-state index contributed by atoms with van der Waals surface area (Å²) in [5.74, 6) is 0.403. The zero-order chi connectivity index (χ0) is 15.2. The van der Waals surface area contributed by atoms with Gasteiger partial charge in [-0.25, -0.2) is 9.37 Å². The number of carbonyl (C=O) groups excluding carboxylic acids is 1. The highest BCUT2D eigenvalue weighted by Gasteiger charge is 2.29. The maximum atomic E-state index is 13.2. The lowest BCUT2D eigenvalue weighted by molar-refractivity contribution is -0.720. The summed E-state index contributed by atoms with van der Waals surface area (Å²) >= 11 is 2.99. The molecular weight excluding hydrogens is 313 g/mol. The third-order valence-electron chi connectivity index (χ3n) is 2.67. The van der Waals surface area contributed by atoms with Crippen LogP contribution in [0.15, 0.2) is 24.7 Å². The number of thioether (sulfide) groups is 1. The van der Waals surface area contributed by atoms with Crippen molar-refractivity contribution < 1.29 is 18.8 Å². The minimum atomic E-state index is -0.403. The fraction of sp³-hybridized carbons (Fsp3) is 0.308. The monoisotopic (exact) mass is 329 g/mol. The summed E-state index contributed by atoms with van der Waals surface area (Å²) in [7, 11) is 1.76. The second-order valence-electron chi connectivity index (χ2n) is 4.19. The molecule has 0 aromatic carbocycles. The lowest BCUT2D eigenvalue weighted by Crippen LogP contribution is -3.07. The van der Waals surface area contributed by atoms with Gasteiger partial charge in [0.1, 0.15) is 17.0 Å². The molecule has 2 N–H and O–H groups in total. The highest BCUT2D eigenvalue weighted by atomic mass is 32.2. The molecule has 1 amide bonds. The predicted molar refractivity (Wildman–Crippen MR) is 83.1 cm³/mol. The van der Waals surface area contributed by atoms with Gasteiger partial charge in [0.05, 0.1) is 19.0 Å². The van der Waals surface area contributed by atoms with Crippen molar-refractivity contribution in [2.45, 2.75) is 0 Å².